The van der Waals surface area contributed by atoms with E-state index in [2.05, 4.69) is 33.8 Å². The molecule has 0 spiro atoms. The third kappa shape index (κ3) is 4.03. The van der Waals surface area contributed by atoms with Crippen molar-refractivity contribution in [2.24, 2.45) is 0 Å². The fraction of sp³-hybridized carbons (Fsp3) is 0.364. The van der Waals surface area contributed by atoms with Gasteiger partial charge in [-0.3, -0.25) is 0 Å². The van der Waals surface area contributed by atoms with Crippen LogP contribution in [0, 0.1) is 6.92 Å². The van der Waals surface area contributed by atoms with Crippen LogP contribution in [0.2, 0.25) is 0 Å². The van der Waals surface area contributed by atoms with Gasteiger partial charge < -0.3 is 9.84 Å². The molecule has 1 aliphatic rings. The topological polar surface area (TPSA) is 63.6 Å². The largest absolute Gasteiger partial charge is 0.478 e. The molecule has 0 aromatic heterocycles. The van der Waals surface area contributed by atoms with E-state index in [1.54, 1.807) is 0 Å². The van der Waals surface area contributed by atoms with E-state index >= 15 is 0 Å². The number of hydrogen-bond donors (Lipinski definition) is 1. The molecule has 0 bridgehead atoms. The highest BCUT2D eigenvalue weighted by Gasteiger charge is 2.38. The van der Waals surface area contributed by atoms with Crippen molar-refractivity contribution in [3.05, 3.63) is 58.7 Å². The van der Waals surface area contributed by atoms with Crippen molar-refractivity contribution < 1.29 is 19.4 Å². The van der Waals surface area contributed by atoms with Gasteiger partial charge in [-0.05, 0) is 66.3 Å². The zero-order valence-corrected chi connectivity index (χ0v) is 17.1. The molecule has 0 atom stereocenters. The number of aromatic carboxylic acids is 1. The standard InChI is InChI=1S/C22H24O4S/c1-13-10-18-17(21(2,3)12-22(4,5)27-18)11-16(13)20(25)26-15-8-6-14(7-9-15)19(23)24/h6-11H,12H2,1-5H3,(H,23,24). The number of fused-ring (bicyclic) bond motifs is 1. The molecule has 4 nitrogen and oxygen atoms in total. The summed E-state index contributed by atoms with van der Waals surface area (Å²) in [6.45, 7) is 10.8. The number of esters is 1. The van der Waals surface area contributed by atoms with Crippen molar-refractivity contribution >= 4 is 23.7 Å². The third-order valence-electron chi connectivity index (χ3n) is 4.84. The number of carboxylic acids is 1. The van der Waals surface area contributed by atoms with E-state index in [1.165, 1.54) is 34.7 Å². The van der Waals surface area contributed by atoms with Crippen LogP contribution < -0.4 is 4.74 Å². The van der Waals surface area contributed by atoms with Crippen LogP contribution in [-0.2, 0) is 5.41 Å². The number of ether oxygens (including phenoxy) is 1. The highest BCUT2D eigenvalue weighted by molar-refractivity contribution is 8.00. The van der Waals surface area contributed by atoms with Gasteiger partial charge in [-0.15, -0.1) is 11.8 Å². The number of aryl methyl sites for hydroxylation is 1. The lowest BCUT2D eigenvalue weighted by Crippen LogP contribution is -2.34. The molecule has 0 aliphatic carbocycles. The normalized spacial score (nSPS) is 17.1. The first-order valence-electron chi connectivity index (χ1n) is 8.88. The molecule has 0 unspecified atom stereocenters. The van der Waals surface area contributed by atoms with Gasteiger partial charge in [-0.25, -0.2) is 9.59 Å². The average molecular weight is 384 g/mol. The molecule has 0 saturated heterocycles. The second-order valence-electron chi connectivity index (χ2n) is 8.30. The van der Waals surface area contributed by atoms with Crippen LogP contribution in [0.1, 0.15) is 66.0 Å². The highest BCUT2D eigenvalue weighted by Crippen LogP contribution is 2.51. The fourth-order valence-electron chi connectivity index (χ4n) is 3.84. The summed E-state index contributed by atoms with van der Waals surface area (Å²) >= 11 is 1.85. The zero-order chi connectivity index (χ0) is 20.0. The maximum atomic E-state index is 12.7. The number of carbonyl (C=O) groups excluding carboxylic acids is 1. The highest BCUT2D eigenvalue weighted by atomic mass is 32.2. The van der Waals surface area contributed by atoms with E-state index in [-0.39, 0.29) is 15.7 Å². The van der Waals surface area contributed by atoms with E-state index in [9.17, 15) is 9.59 Å². The SMILES string of the molecule is Cc1cc2c(cc1C(=O)Oc1ccc(C(=O)O)cc1)C(C)(C)CC(C)(C)S2. The number of thioether (sulfide) groups is 1. The average Bonchev–Trinajstić information content (AvgIpc) is 2.52. The first-order valence-corrected chi connectivity index (χ1v) is 9.70. The fourth-order valence-corrected chi connectivity index (χ4v) is 5.54. The van der Waals surface area contributed by atoms with Crippen LogP contribution in [0.3, 0.4) is 0 Å². The predicted octanol–water partition coefficient (Wildman–Crippen LogP) is 5.46. The minimum absolute atomic E-state index is 0.0318. The number of hydrogen-bond acceptors (Lipinski definition) is 4. The Bertz CT molecular complexity index is 911. The molecule has 1 heterocycles. The third-order valence-corrected chi connectivity index (χ3v) is 6.10. The van der Waals surface area contributed by atoms with Crippen molar-refractivity contribution in [1.29, 1.82) is 0 Å². The molecular formula is C22H24O4S. The van der Waals surface area contributed by atoms with Crippen LogP contribution in [-0.4, -0.2) is 21.8 Å². The molecule has 0 fully saturated rings. The summed E-state index contributed by atoms with van der Waals surface area (Å²) in [7, 11) is 0. The molecule has 0 radical (unpaired) electrons. The van der Waals surface area contributed by atoms with Crippen LogP contribution in [0.15, 0.2) is 41.3 Å². The Morgan fingerprint density at radius 3 is 2.30 bits per heavy atom. The predicted molar refractivity (Wildman–Crippen MR) is 107 cm³/mol. The molecule has 27 heavy (non-hydrogen) atoms. The Balaban J connectivity index is 1.91. The van der Waals surface area contributed by atoms with Gasteiger partial charge in [0.05, 0.1) is 11.1 Å². The van der Waals surface area contributed by atoms with Crippen molar-refractivity contribution in [2.75, 3.05) is 0 Å². The van der Waals surface area contributed by atoms with Gasteiger partial charge in [-0.1, -0.05) is 27.7 Å². The lowest BCUT2D eigenvalue weighted by atomic mass is 9.76. The maximum Gasteiger partial charge on any atom is 0.343 e. The Morgan fingerprint density at radius 1 is 1.07 bits per heavy atom. The lowest BCUT2D eigenvalue weighted by molar-refractivity contribution is 0.0696. The molecule has 1 aliphatic heterocycles. The Kier molecular flexibility index (Phi) is 4.85. The Labute approximate surface area is 163 Å². The summed E-state index contributed by atoms with van der Waals surface area (Å²) in [5.74, 6) is -1.11. The van der Waals surface area contributed by atoms with E-state index in [1.807, 2.05) is 24.8 Å². The van der Waals surface area contributed by atoms with Crippen LogP contribution >= 0.6 is 11.8 Å². The van der Waals surface area contributed by atoms with Crippen LogP contribution in [0.4, 0.5) is 0 Å². The molecule has 0 amide bonds. The molecular weight excluding hydrogens is 360 g/mol. The van der Waals surface area contributed by atoms with Gasteiger partial charge in [0.1, 0.15) is 5.75 Å². The van der Waals surface area contributed by atoms with Crippen molar-refractivity contribution in [1.82, 2.24) is 0 Å². The lowest BCUT2D eigenvalue weighted by Gasteiger charge is -2.42. The van der Waals surface area contributed by atoms with Crippen LogP contribution in [0.25, 0.3) is 0 Å². The first-order chi connectivity index (χ1) is 12.5. The van der Waals surface area contributed by atoms with Gasteiger partial charge in [0, 0.05) is 9.64 Å². The molecule has 2 aromatic carbocycles. The summed E-state index contributed by atoms with van der Waals surface area (Å²) in [5, 5.41) is 8.96. The summed E-state index contributed by atoms with van der Waals surface area (Å²) in [5.41, 5.74) is 2.72. The molecule has 0 saturated carbocycles. The number of carbonyl (C=O) groups is 2. The van der Waals surface area contributed by atoms with Gasteiger partial charge in [0.2, 0.25) is 0 Å². The van der Waals surface area contributed by atoms with Crippen molar-refractivity contribution in [2.45, 2.75) is 56.1 Å². The Morgan fingerprint density at radius 2 is 1.70 bits per heavy atom. The molecule has 5 heteroatoms. The number of benzene rings is 2. The molecule has 2 aromatic rings. The number of carboxylic acid groups (broad SMARTS) is 1. The second kappa shape index (κ2) is 6.71. The zero-order valence-electron chi connectivity index (χ0n) is 16.3. The minimum Gasteiger partial charge on any atom is -0.478 e. The van der Waals surface area contributed by atoms with Gasteiger partial charge in [0.25, 0.3) is 0 Å². The van der Waals surface area contributed by atoms with Gasteiger partial charge in [-0.2, -0.15) is 0 Å². The van der Waals surface area contributed by atoms with Gasteiger partial charge in [0.15, 0.2) is 0 Å². The smallest absolute Gasteiger partial charge is 0.343 e. The van der Waals surface area contributed by atoms with Crippen LogP contribution in [0.5, 0.6) is 5.75 Å². The van der Waals surface area contributed by atoms with Gasteiger partial charge >= 0.3 is 11.9 Å². The summed E-state index contributed by atoms with van der Waals surface area (Å²) in [4.78, 5) is 24.9. The van der Waals surface area contributed by atoms with Crippen molar-refractivity contribution in [3.8, 4) is 5.75 Å². The van der Waals surface area contributed by atoms with E-state index in [0.717, 1.165) is 12.0 Å². The monoisotopic (exact) mass is 384 g/mol. The number of rotatable bonds is 3. The second-order valence-corrected chi connectivity index (χ2v) is 10.1. The summed E-state index contributed by atoms with van der Waals surface area (Å²) in [6.07, 6.45) is 1.02. The minimum atomic E-state index is -1.01. The Hall–Kier alpha value is -2.27. The first kappa shape index (κ1) is 19.5. The quantitative estimate of drug-likeness (QED) is 0.562. The molecule has 1 N–H and O–H groups in total. The molecule has 142 valence electrons. The summed E-state index contributed by atoms with van der Waals surface area (Å²) < 4.78 is 5.63. The van der Waals surface area contributed by atoms with Crippen molar-refractivity contribution in [3.63, 3.8) is 0 Å². The van der Waals surface area contributed by atoms with E-state index in [4.69, 9.17) is 9.84 Å². The van der Waals surface area contributed by atoms with E-state index in [0.29, 0.717) is 11.3 Å². The maximum absolute atomic E-state index is 12.7. The van der Waals surface area contributed by atoms with E-state index < -0.39 is 11.9 Å². The summed E-state index contributed by atoms with van der Waals surface area (Å²) in [6, 6.07) is 9.88. The molecule has 3 rings (SSSR count).